The normalized spacial score (nSPS) is 19.2. The van der Waals surface area contributed by atoms with E-state index in [1.165, 1.54) is 15.2 Å². The van der Waals surface area contributed by atoms with Crippen LogP contribution in [0.15, 0.2) is 10.5 Å². The maximum absolute atomic E-state index is 11.7. The van der Waals surface area contributed by atoms with Crippen LogP contribution in [0.2, 0.25) is 0 Å². The maximum atomic E-state index is 11.7. The van der Waals surface area contributed by atoms with Gasteiger partial charge in [-0.05, 0) is 0 Å². The van der Waals surface area contributed by atoms with E-state index in [1.807, 2.05) is 6.92 Å². The van der Waals surface area contributed by atoms with Crippen LogP contribution in [0.25, 0.3) is 0 Å². The zero-order valence-corrected chi connectivity index (χ0v) is 15.4. The Hall–Kier alpha value is -0.311. The summed E-state index contributed by atoms with van der Waals surface area (Å²) in [6, 6.07) is 0.391. The third kappa shape index (κ3) is 6.14. The third-order valence-corrected chi connectivity index (χ3v) is 5.80. The Balaban J connectivity index is 2.71. The molecule has 5 radical (unpaired) electrons. The molecule has 0 N–H and O–H groups in total. The van der Waals surface area contributed by atoms with E-state index >= 15 is 0 Å². The van der Waals surface area contributed by atoms with Crippen LogP contribution in [-0.4, -0.2) is 52.6 Å². The van der Waals surface area contributed by atoms with Crippen LogP contribution in [-0.2, 0) is 9.53 Å². The van der Waals surface area contributed by atoms with E-state index in [2.05, 4.69) is 52.1 Å². The second kappa shape index (κ2) is 9.65. The van der Waals surface area contributed by atoms with Crippen molar-refractivity contribution in [2.45, 2.75) is 39.7 Å². The van der Waals surface area contributed by atoms with Crippen LogP contribution in [0.3, 0.4) is 0 Å². The number of allylic oxidation sites excluding steroid dienone is 1. The molecule has 0 aromatic carbocycles. The SMILES string of the molecule is CCC/C(=C/C(=O)OCC)[Se][C]1[CH][CH][CH][C]1[C@H](C)N(C)C. The first kappa shape index (κ1) is 18.7. The molecular weight excluding hydrogens is 329 g/mol. The van der Waals surface area contributed by atoms with Gasteiger partial charge in [-0.2, -0.15) is 0 Å². The number of esters is 1. The van der Waals surface area contributed by atoms with Crippen molar-refractivity contribution < 1.29 is 9.53 Å². The Kier molecular flexibility index (Phi) is 8.61. The molecule has 1 fully saturated rings. The van der Waals surface area contributed by atoms with Crippen molar-refractivity contribution in [3.8, 4) is 0 Å². The number of hydrogen-bond acceptors (Lipinski definition) is 3. The second-order valence-electron chi connectivity index (χ2n) is 5.20. The molecule has 0 saturated heterocycles. The summed E-state index contributed by atoms with van der Waals surface area (Å²) in [6.07, 6.45) is 10.2. The van der Waals surface area contributed by atoms with Crippen LogP contribution < -0.4 is 0 Å². The van der Waals surface area contributed by atoms with Crippen molar-refractivity contribution in [1.82, 2.24) is 4.90 Å². The van der Waals surface area contributed by atoms with Crippen molar-refractivity contribution in [2.75, 3.05) is 20.7 Å². The molecular formula is C17H26NO2Se. The molecule has 1 rings (SSSR count). The first-order chi connectivity index (χ1) is 9.99. The van der Waals surface area contributed by atoms with Gasteiger partial charge in [-0.3, -0.25) is 0 Å². The Morgan fingerprint density at radius 1 is 1.38 bits per heavy atom. The monoisotopic (exact) mass is 356 g/mol. The van der Waals surface area contributed by atoms with E-state index < -0.39 is 0 Å². The molecule has 1 atom stereocenters. The Labute approximate surface area is 136 Å². The Bertz CT molecular complexity index is 355. The number of carbonyl (C=O) groups is 1. The van der Waals surface area contributed by atoms with Crippen molar-refractivity contribution >= 4 is 20.9 Å². The van der Waals surface area contributed by atoms with Crippen LogP contribution in [0.4, 0.5) is 0 Å². The van der Waals surface area contributed by atoms with Gasteiger partial charge < -0.3 is 0 Å². The first-order valence-electron chi connectivity index (χ1n) is 7.46. The molecule has 4 heteroatoms. The summed E-state index contributed by atoms with van der Waals surface area (Å²) in [7, 11) is 4.19. The Morgan fingerprint density at radius 2 is 2.10 bits per heavy atom. The zero-order chi connectivity index (χ0) is 15.8. The summed E-state index contributed by atoms with van der Waals surface area (Å²) in [5.41, 5.74) is 0. The number of ether oxygens (including phenoxy) is 1. The number of nitrogens with zero attached hydrogens (tertiary/aromatic N) is 1. The molecule has 1 saturated carbocycles. The van der Waals surface area contributed by atoms with Crippen molar-refractivity contribution in [3.05, 3.63) is 40.5 Å². The van der Waals surface area contributed by atoms with Crippen LogP contribution in [0.5, 0.6) is 0 Å². The zero-order valence-electron chi connectivity index (χ0n) is 13.7. The van der Waals surface area contributed by atoms with Gasteiger partial charge in [0.1, 0.15) is 0 Å². The summed E-state index contributed by atoms with van der Waals surface area (Å²) < 4.78 is 6.25. The summed E-state index contributed by atoms with van der Waals surface area (Å²) in [5.74, 6) is 1.16. The quantitative estimate of drug-likeness (QED) is 0.381. The summed E-state index contributed by atoms with van der Waals surface area (Å²) in [6.45, 7) is 6.62. The topological polar surface area (TPSA) is 29.5 Å². The molecule has 21 heavy (non-hydrogen) atoms. The van der Waals surface area contributed by atoms with E-state index in [-0.39, 0.29) is 20.9 Å². The average molecular weight is 355 g/mol. The molecule has 117 valence electrons. The van der Waals surface area contributed by atoms with E-state index in [1.54, 1.807) is 6.08 Å². The number of rotatable bonds is 8. The molecule has 0 amide bonds. The van der Waals surface area contributed by atoms with Gasteiger partial charge in [-0.15, -0.1) is 0 Å². The van der Waals surface area contributed by atoms with E-state index in [9.17, 15) is 4.79 Å². The van der Waals surface area contributed by atoms with Crippen molar-refractivity contribution in [2.24, 2.45) is 0 Å². The molecule has 0 aliphatic heterocycles. The summed E-state index contributed by atoms with van der Waals surface area (Å²) in [4.78, 5) is 15.3. The van der Waals surface area contributed by atoms with Gasteiger partial charge >= 0.3 is 136 Å². The standard InChI is InChI=1S/C17H26NO2Se/c1-6-9-14(12-17(19)20-7-2)21-16-11-8-10-15(16)13(3)18(4)5/h8,10-13H,6-7,9H2,1-5H3/b14-12-/t13-/m0/s1. The number of hydrogen-bond donors (Lipinski definition) is 0. The fourth-order valence-electron chi connectivity index (χ4n) is 1.99. The molecule has 3 nitrogen and oxygen atoms in total. The predicted molar refractivity (Wildman–Crippen MR) is 87.9 cm³/mol. The van der Waals surface area contributed by atoms with Crippen LogP contribution in [0, 0.1) is 30.0 Å². The number of carbonyl (C=O) groups excluding carboxylic acids is 1. The molecule has 0 spiro atoms. The molecule has 0 bridgehead atoms. The minimum absolute atomic E-state index is 0.186. The van der Waals surface area contributed by atoms with E-state index in [0.29, 0.717) is 12.6 Å². The van der Waals surface area contributed by atoms with Crippen LogP contribution >= 0.6 is 0 Å². The molecule has 1 aliphatic rings. The van der Waals surface area contributed by atoms with E-state index in [0.717, 1.165) is 12.8 Å². The Morgan fingerprint density at radius 3 is 2.67 bits per heavy atom. The molecule has 0 aromatic rings. The first-order valence-corrected chi connectivity index (χ1v) is 9.18. The fraction of sp³-hybridized carbons (Fsp3) is 0.529. The van der Waals surface area contributed by atoms with Crippen molar-refractivity contribution in [1.29, 1.82) is 0 Å². The summed E-state index contributed by atoms with van der Waals surface area (Å²) in [5, 5.41) is 0. The molecule has 0 aromatic heterocycles. The minimum atomic E-state index is -0.211. The molecule has 0 heterocycles. The van der Waals surface area contributed by atoms with Gasteiger partial charge in [0.2, 0.25) is 0 Å². The summed E-state index contributed by atoms with van der Waals surface area (Å²) >= 11 is 0.186. The van der Waals surface area contributed by atoms with Gasteiger partial charge in [-0.1, -0.05) is 0 Å². The second-order valence-corrected chi connectivity index (χ2v) is 7.65. The van der Waals surface area contributed by atoms with Gasteiger partial charge in [-0.25, -0.2) is 0 Å². The molecule has 1 aliphatic carbocycles. The van der Waals surface area contributed by atoms with Crippen molar-refractivity contribution in [3.63, 3.8) is 0 Å². The molecule has 0 unspecified atom stereocenters. The average Bonchev–Trinajstić information content (AvgIpc) is 2.86. The van der Waals surface area contributed by atoms with E-state index in [4.69, 9.17) is 4.74 Å². The predicted octanol–water partition coefficient (Wildman–Crippen LogP) is 2.62. The van der Waals surface area contributed by atoms with Gasteiger partial charge in [0.25, 0.3) is 0 Å². The van der Waals surface area contributed by atoms with Gasteiger partial charge in [0, 0.05) is 0 Å². The van der Waals surface area contributed by atoms with Gasteiger partial charge in [0.15, 0.2) is 0 Å². The fourth-order valence-corrected chi connectivity index (χ4v) is 4.61. The van der Waals surface area contributed by atoms with Crippen LogP contribution in [0.1, 0.15) is 33.6 Å². The van der Waals surface area contributed by atoms with Gasteiger partial charge in [0.05, 0.1) is 0 Å². The third-order valence-electron chi connectivity index (χ3n) is 3.34.